The van der Waals surface area contributed by atoms with Crippen molar-refractivity contribution in [2.24, 2.45) is 0 Å². The maximum atomic E-state index is 13.3. The lowest BCUT2D eigenvalue weighted by atomic mass is 10.2. The highest BCUT2D eigenvalue weighted by Gasteiger charge is 2.25. The number of hydrogen-bond donors (Lipinski definition) is 0. The number of aromatic nitrogens is 1. The summed E-state index contributed by atoms with van der Waals surface area (Å²) in [7, 11) is 0. The summed E-state index contributed by atoms with van der Waals surface area (Å²) < 4.78 is 8.04. The van der Waals surface area contributed by atoms with Crippen molar-refractivity contribution >= 4 is 40.7 Å². The largest absolute Gasteiger partial charge is 0.454 e. The highest BCUT2D eigenvalue weighted by atomic mass is 35.5. The second-order valence-electron chi connectivity index (χ2n) is 9.86. The van der Waals surface area contributed by atoms with Crippen LogP contribution in [-0.4, -0.2) is 58.9 Å². The van der Waals surface area contributed by atoms with E-state index in [2.05, 4.69) is 4.90 Å². The van der Waals surface area contributed by atoms with Crippen LogP contribution in [0.2, 0.25) is 10.0 Å². The average molecular weight is 580 g/mol. The monoisotopic (exact) mass is 578 g/mol. The topological polar surface area (TPSA) is 61.9 Å². The van der Waals surface area contributed by atoms with Crippen molar-refractivity contribution < 1.29 is 14.0 Å². The summed E-state index contributed by atoms with van der Waals surface area (Å²) in [6.45, 7) is 6.23. The van der Waals surface area contributed by atoms with Crippen LogP contribution in [0.1, 0.15) is 45.7 Å². The van der Waals surface area contributed by atoms with Gasteiger partial charge in [-0.1, -0.05) is 48.3 Å². The summed E-state index contributed by atoms with van der Waals surface area (Å²) in [6, 6.07) is 22.4. The number of benzene rings is 2. The third-order valence-corrected chi connectivity index (χ3v) is 7.66. The molecule has 0 N–H and O–H groups in total. The third-order valence-electron chi connectivity index (χ3n) is 7.10. The van der Waals surface area contributed by atoms with E-state index in [0.29, 0.717) is 59.9 Å². The Morgan fingerprint density at radius 1 is 0.925 bits per heavy atom. The Morgan fingerprint density at radius 3 is 2.48 bits per heavy atom. The number of amides is 2. The molecule has 5 rings (SSSR count). The third kappa shape index (κ3) is 6.37. The van der Waals surface area contributed by atoms with E-state index >= 15 is 0 Å². The minimum atomic E-state index is -0.107. The Morgan fingerprint density at radius 2 is 1.73 bits per heavy atom. The van der Waals surface area contributed by atoms with Crippen molar-refractivity contribution in [1.82, 2.24) is 14.4 Å². The number of anilines is 1. The Bertz CT molecular complexity index is 1470. The summed E-state index contributed by atoms with van der Waals surface area (Å²) in [5.41, 5.74) is 2.53. The lowest BCUT2D eigenvalue weighted by Gasteiger charge is -2.35. The molecule has 208 valence electrons. The Labute approximate surface area is 244 Å². The summed E-state index contributed by atoms with van der Waals surface area (Å²) in [4.78, 5) is 32.3. The number of hydrogen-bond acceptors (Lipinski definition) is 4. The molecule has 3 heterocycles. The fourth-order valence-corrected chi connectivity index (χ4v) is 5.41. The fourth-order valence-electron chi connectivity index (χ4n) is 5.01. The molecule has 40 heavy (non-hydrogen) atoms. The molecule has 1 fully saturated rings. The molecule has 0 atom stereocenters. The van der Waals surface area contributed by atoms with Gasteiger partial charge in [0.15, 0.2) is 5.76 Å². The van der Waals surface area contributed by atoms with Gasteiger partial charge in [0, 0.05) is 55.3 Å². The van der Waals surface area contributed by atoms with Crippen LogP contribution >= 0.6 is 23.2 Å². The summed E-state index contributed by atoms with van der Waals surface area (Å²) in [5.74, 6) is 0.810. The van der Waals surface area contributed by atoms with Gasteiger partial charge in [-0.3, -0.25) is 9.59 Å². The zero-order valence-electron chi connectivity index (χ0n) is 22.4. The molecule has 9 heteroatoms. The molecular weight excluding hydrogens is 547 g/mol. The fraction of sp³-hybridized carbons (Fsp3) is 0.290. The van der Waals surface area contributed by atoms with Crippen LogP contribution in [-0.2, 0) is 13.1 Å². The lowest BCUT2D eigenvalue weighted by molar-refractivity contribution is 0.0710. The maximum absolute atomic E-state index is 13.3. The van der Waals surface area contributed by atoms with E-state index in [1.54, 1.807) is 18.2 Å². The summed E-state index contributed by atoms with van der Waals surface area (Å²) >= 11 is 12.4. The van der Waals surface area contributed by atoms with Gasteiger partial charge in [-0.25, -0.2) is 0 Å². The molecule has 0 spiro atoms. The number of carbonyl (C=O) groups is 2. The van der Waals surface area contributed by atoms with Gasteiger partial charge < -0.3 is 23.7 Å². The zero-order chi connectivity index (χ0) is 28.1. The molecule has 7 nitrogen and oxygen atoms in total. The van der Waals surface area contributed by atoms with E-state index in [-0.39, 0.29) is 11.8 Å². The van der Waals surface area contributed by atoms with E-state index in [1.807, 2.05) is 82.1 Å². The molecule has 4 aromatic rings. The Balaban J connectivity index is 1.21. The Kier molecular flexibility index (Phi) is 8.82. The number of nitrogens with zero attached hydrogens (tertiary/aromatic N) is 4. The SMILES string of the molecule is CCCN(Cc1cccn1Cc1ccc(C(=O)N2CCN(c3cccc(Cl)c3)CC2)o1)C(=O)c1ccccc1Cl. The van der Waals surface area contributed by atoms with Gasteiger partial charge in [0.1, 0.15) is 5.76 Å². The van der Waals surface area contributed by atoms with E-state index < -0.39 is 0 Å². The van der Waals surface area contributed by atoms with Gasteiger partial charge >= 0.3 is 0 Å². The molecular formula is C31H32Cl2N4O3. The summed E-state index contributed by atoms with van der Waals surface area (Å²) in [6.07, 6.45) is 2.78. The quantitative estimate of drug-likeness (QED) is 0.229. The van der Waals surface area contributed by atoms with Crippen LogP contribution < -0.4 is 4.90 Å². The van der Waals surface area contributed by atoms with Crippen LogP contribution in [0.25, 0.3) is 0 Å². The molecule has 1 aliphatic rings. The van der Waals surface area contributed by atoms with Gasteiger partial charge in [-0.15, -0.1) is 0 Å². The molecule has 0 aliphatic carbocycles. The van der Waals surface area contributed by atoms with Gasteiger partial charge in [0.2, 0.25) is 0 Å². The van der Waals surface area contributed by atoms with Gasteiger partial charge in [-0.05, 0) is 61.0 Å². The molecule has 0 radical (unpaired) electrons. The van der Waals surface area contributed by atoms with Crippen molar-refractivity contribution in [1.29, 1.82) is 0 Å². The van der Waals surface area contributed by atoms with Crippen molar-refractivity contribution in [2.45, 2.75) is 26.4 Å². The number of furan rings is 1. The molecule has 0 bridgehead atoms. The van der Waals surface area contributed by atoms with Crippen LogP contribution in [0.5, 0.6) is 0 Å². The smallest absolute Gasteiger partial charge is 0.289 e. The standard InChI is InChI=1S/C31H32Cl2N4O3/c1-2-14-37(30(38)27-10-3-4-11-28(27)33)21-25-9-6-15-36(25)22-26-12-13-29(40-26)31(39)35-18-16-34(17-19-35)24-8-5-7-23(32)20-24/h3-13,15,20H,2,14,16-19,21-22H2,1H3. The first-order chi connectivity index (χ1) is 19.4. The van der Waals surface area contributed by atoms with Crippen LogP contribution in [0, 0.1) is 0 Å². The number of halogens is 2. The first-order valence-corrected chi connectivity index (χ1v) is 14.2. The molecule has 2 amide bonds. The lowest BCUT2D eigenvalue weighted by Crippen LogP contribution is -2.48. The minimum Gasteiger partial charge on any atom is -0.454 e. The molecule has 2 aromatic heterocycles. The van der Waals surface area contributed by atoms with Crippen LogP contribution in [0.3, 0.4) is 0 Å². The first kappa shape index (κ1) is 27.9. The second-order valence-corrected chi connectivity index (χ2v) is 10.7. The van der Waals surface area contributed by atoms with Gasteiger partial charge in [-0.2, -0.15) is 0 Å². The molecule has 2 aromatic carbocycles. The number of piperazine rings is 1. The normalized spacial score (nSPS) is 13.5. The first-order valence-electron chi connectivity index (χ1n) is 13.5. The highest BCUT2D eigenvalue weighted by Crippen LogP contribution is 2.23. The highest BCUT2D eigenvalue weighted by molar-refractivity contribution is 6.33. The molecule has 1 saturated heterocycles. The van der Waals surface area contributed by atoms with Crippen molar-refractivity contribution in [2.75, 3.05) is 37.6 Å². The maximum Gasteiger partial charge on any atom is 0.289 e. The van der Waals surface area contributed by atoms with E-state index in [9.17, 15) is 9.59 Å². The molecule has 1 aliphatic heterocycles. The van der Waals surface area contributed by atoms with Crippen molar-refractivity contribution in [3.8, 4) is 0 Å². The number of rotatable bonds is 9. The van der Waals surface area contributed by atoms with Crippen LogP contribution in [0.4, 0.5) is 5.69 Å². The zero-order valence-corrected chi connectivity index (χ0v) is 23.9. The van der Waals surface area contributed by atoms with E-state index in [1.165, 1.54) is 0 Å². The van der Waals surface area contributed by atoms with Crippen molar-refractivity contribution in [3.63, 3.8) is 0 Å². The summed E-state index contributed by atoms with van der Waals surface area (Å²) in [5, 5.41) is 1.15. The van der Waals surface area contributed by atoms with Crippen molar-refractivity contribution in [3.05, 3.63) is 112 Å². The van der Waals surface area contributed by atoms with E-state index in [4.69, 9.17) is 27.6 Å². The minimum absolute atomic E-state index is 0.0958. The van der Waals surface area contributed by atoms with E-state index in [0.717, 1.165) is 30.9 Å². The van der Waals surface area contributed by atoms with Crippen LogP contribution in [0.15, 0.2) is 83.4 Å². The Hall–Kier alpha value is -3.68. The molecule has 0 saturated carbocycles. The van der Waals surface area contributed by atoms with Gasteiger partial charge in [0.05, 0.1) is 23.7 Å². The average Bonchev–Trinajstić information content (AvgIpc) is 3.62. The second kappa shape index (κ2) is 12.7. The predicted molar refractivity (Wildman–Crippen MR) is 158 cm³/mol. The number of carbonyl (C=O) groups excluding carboxylic acids is 2. The molecule has 0 unspecified atom stereocenters. The van der Waals surface area contributed by atoms with Gasteiger partial charge in [0.25, 0.3) is 11.8 Å². The predicted octanol–water partition coefficient (Wildman–Crippen LogP) is 6.45.